The van der Waals surface area contributed by atoms with Crippen molar-refractivity contribution in [3.63, 3.8) is 0 Å². The van der Waals surface area contributed by atoms with Crippen LogP contribution in [0.15, 0.2) is 4.99 Å². The highest BCUT2D eigenvalue weighted by Crippen LogP contribution is 2.14. The maximum absolute atomic E-state index is 5.53. The number of aliphatic imine (C=N–C) groups is 1. The van der Waals surface area contributed by atoms with Gasteiger partial charge in [-0.15, -0.1) is 24.0 Å². The van der Waals surface area contributed by atoms with E-state index >= 15 is 0 Å². The first-order valence-electron chi connectivity index (χ1n) is 9.63. The summed E-state index contributed by atoms with van der Waals surface area (Å²) in [4.78, 5) is 6.88. The van der Waals surface area contributed by atoms with Crippen molar-refractivity contribution in [2.24, 2.45) is 12.0 Å². The number of guanidine groups is 1. The van der Waals surface area contributed by atoms with Crippen molar-refractivity contribution in [1.82, 2.24) is 25.3 Å². The van der Waals surface area contributed by atoms with Gasteiger partial charge in [-0.2, -0.15) is 5.10 Å². The van der Waals surface area contributed by atoms with Crippen molar-refractivity contribution in [2.75, 3.05) is 33.4 Å². The van der Waals surface area contributed by atoms with Crippen molar-refractivity contribution in [3.8, 4) is 0 Å². The van der Waals surface area contributed by atoms with Gasteiger partial charge in [0.25, 0.3) is 0 Å². The van der Waals surface area contributed by atoms with E-state index in [0.717, 1.165) is 44.4 Å². The molecule has 0 radical (unpaired) electrons. The summed E-state index contributed by atoms with van der Waals surface area (Å²) in [6.45, 7) is 14.4. The number of ether oxygens (including phenoxy) is 1. The van der Waals surface area contributed by atoms with E-state index in [1.54, 1.807) is 0 Å². The van der Waals surface area contributed by atoms with Crippen LogP contribution in [0.4, 0.5) is 0 Å². The van der Waals surface area contributed by atoms with Gasteiger partial charge in [0.15, 0.2) is 5.96 Å². The molecule has 3 unspecified atom stereocenters. The molecule has 1 aliphatic heterocycles. The van der Waals surface area contributed by atoms with Crippen LogP contribution < -0.4 is 10.6 Å². The lowest BCUT2D eigenvalue weighted by molar-refractivity contribution is -0.0174. The zero-order valence-corrected chi connectivity index (χ0v) is 20.2. The highest BCUT2D eigenvalue weighted by atomic mass is 127. The van der Waals surface area contributed by atoms with Crippen LogP contribution >= 0.6 is 24.0 Å². The second kappa shape index (κ2) is 11.2. The Hall–Kier alpha value is -0.870. The third kappa shape index (κ3) is 6.60. The molecule has 0 amide bonds. The lowest BCUT2D eigenvalue weighted by Gasteiger charge is -2.38. The van der Waals surface area contributed by atoms with Crippen LogP contribution in [-0.2, 0) is 18.2 Å². The summed E-state index contributed by atoms with van der Waals surface area (Å²) < 4.78 is 7.49. The monoisotopic (exact) mass is 492 g/mol. The summed E-state index contributed by atoms with van der Waals surface area (Å²) in [7, 11) is 3.82. The van der Waals surface area contributed by atoms with Gasteiger partial charge in [0.2, 0.25) is 0 Å². The Morgan fingerprint density at radius 2 is 2.07 bits per heavy atom. The maximum Gasteiger partial charge on any atom is 0.191 e. The van der Waals surface area contributed by atoms with E-state index in [0.29, 0.717) is 12.1 Å². The van der Waals surface area contributed by atoms with Gasteiger partial charge in [-0.25, -0.2) is 0 Å². The van der Waals surface area contributed by atoms with Gasteiger partial charge in [-0.1, -0.05) is 0 Å². The van der Waals surface area contributed by atoms with Crippen LogP contribution in [0.1, 0.15) is 37.7 Å². The maximum atomic E-state index is 5.53. The van der Waals surface area contributed by atoms with Gasteiger partial charge in [0, 0.05) is 51.0 Å². The van der Waals surface area contributed by atoms with Crippen LogP contribution in [0, 0.1) is 13.8 Å². The molecule has 0 saturated carbocycles. The number of hydrogen-bond donors (Lipinski definition) is 2. The fourth-order valence-electron chi connectivity index (χ4n) is 3.65. The molecule has 1 saturated heterocycles. The van der Waals surface area contributed by atoms with Gasteiger partial charge < -0.3 is 15.4 Å². The van der Waals surface area contributed by atoms with Crippen molar-refractivity contribution >= 4 is 29.9 Å². The highest BCUT2D eigenvalue weighted by molar-refractivity contribution is 14.0. The Kier molecular flexibility index (Phi) is 10.0. The minimum atomic E-state index is 0. The molecule has 1 aliphatic rings. The number of nitrogens with zero attached hydrogens (tertiary/aromatic N) is 4. The smallest absolute Gasteiger partial charge is 0.191 e. The summed E-state index contributed by atoms with van der Waals surface area (Å²) in [5.41, 5.74) is 3.66. The molecule has 27 heavy (non-hydrogen) atoms. The van der Waals surface area contributed by atoms with E-state index in [1.807, 2.05) is 18.8 Å². The molecule has 1 aromatic rings. The normalized spacial score (nSPS) is 20.7. The number of hydrogen-bond acceptors (Lipinski definition) is 4. The van der Waals surface area contributed by atoms with Crippen molar-refractivity contribution in [2.45, 2.75) is 59.2 Å². The van der Waals surface area contributed by atoms with Crippen LogP contribution in [0.2, 0.25) is 0 Å². The van der Waals surface area contributed by atoms with Crippen LogP contribution in [0.5, 0.6) is 0 Å². The Bertz CT molecular complexity index is 618. The van der Waals surface area contributed by atoms with Gasteiger partial charge in [-0.05, 0) is 46.6 Å². The molecular formula is C19H37IN6O. The zero-order chi connectivity index (χ0) is 19.3. The Labute approximate surface area is 181 Å². The Balaban J connectivity index is 0.00000364. The molecule has 0 aromatic carbocycles. The molecule has 156 valence electrons. The van der Waals surface area contributed by atoms with E-state index in [-0.39, 0.29) is 30.0 Å². The van der Waals surface area contributed by atoms with Gasteiger partial charge in [-0.3, -0.25) is 14.6 Å². The first kappa shape index (κ1) is 24.2. The lowest BCUT2D eigenvalue weighted by atomic mass is 10.1. The fourth-order valence-corrected chi connectivity index (χ4v) is 3.65. The zero-order valence-electron chi connectivity index (χ0n) is 17.9. The number of halogens is 1. The minimum absolute atomic E-state index is 0. The van der Waals surface area contributed by atoms with Crippen LogP contribution in [0.25, 0.3) is 0 Å². The summed E-state index contributed by atoms with van der Waals surface area (Å²) >= 11 is 0. The predicted octanol–water partition coefficient (Wildman–Crippen LogP) is 1.86. The summed E-state index contributed by atoms with van der Waals surface area (Å²) in [6.07, 6.45) is 0.933. The molecule has 2 heterocycles. The van der Waals surface area contributed by atoms with Gasteiger partial charge >= 0.3 is 0 Å². The summed E-state index contributed by atoms with van der Waals surface area (Å²) in [5.74, 6) is 0.851. The molecule has 0 spiro atoms. The Morgan fingerprint density at radius 1 is 1.37 bits per heavy atom. The molecule has 1 aromatic heterocycles. The second-order valence-electron chi connectivity index (χ2n) is 7.49. The van der Waals surface area contributed by atoms with Crippen LogP contribution in [-0.4, -0.2) is 72.1 Å². The molecule has 7 nitrogen and oxygen atoms in total. The number of morpholine rings is 1. The SMILES string of the molecule is CN=C(NCC(C)N1CCOCC1C)NC(C)Cc1c(C)nn(C)c1C.I. The molecule has 0 aliphatic carbocycles. The van der Waals surface area contributed by atoms with Gasteiger partial charge in [0.1, 0.15) is 0 Å². The van der Waals surface area contributed by atoms with E-state index in [2.05, 4.69) is 60.2 Å². The van der Waals surface area contributed by atoms with Gasteiger partial charge in [0.05, 0.1) is 18.9 Å². The largest absolute Gasteiger partial charge is 0.379 e. The molecule has 1 fully saturated rings. The molecule has 2 rings (SSSR count). The molecule has 0 bridgehead atoms. The van der Waals surface area contributed by atoms with E-state index < -0.39 is 0 Å². The summed E-state index contributed by atoms with van der Waals surface area (Å²) in [6, 6.07) is 1.18. The van der Waals surface area contributed by atoms with E-state index in [4.69, 9.17) is 4.74 Å². The second-order valence-corrected chi connectivity index (χ2v) is 7.49. The van der Waals surface area contributed by atoms with E-state index in [1.165, 1.54) is 11.3 Å². The van der Waals surface area contributed by atoms with Crippen molar-refractivity contribution in [3.05, 3.63) is 17.0 Å². The first-order valence-corrected chi connectivity index (χ1v) is 9.63. The minimum Gasteiger partial charge on any atom is -0.379 e. The number of rotatable bonds is 6. The van der Waals surface area contributed by atoms with Crippen molar-refractivity contribution < 1.29 is 4.74 Å². The van der Waals surface area contributed by atoms with Crippen molar-refractivity contribution in [1.29, 1.82) is 0 Å². The third-order valence-corrected chi connectivity index (χ3v) is 5.33. The average Bonchev–Trinajstić information content (AvgIpc) is 2.84. The first-order chi connectivity index (χ1) is 12.3. The van der Waals surface area contributed by atoms with E-state index in [9.17, 15) is 0 Å². The Morgan fingerprint density at radius 3 is 2.63 bits per heavy atom. The quantitative estimate of drug-likeness (QED) is 0.361. The fraction of sp³-hybridized carbons (Fsp3) is 0.789. The molecule has 3 atom stereocenters. The summed E-state index contributed by atoms with van der Waals surface area (Å²) in [5, 5.41) is 11.5. The molecule has 8 heteroatoms. The third-order valence-electron chi connectivity index (χ3n) is 5.33. The highest BCUT2D eigenvalue weighted by Gasteiger charge is 2.23. The lowest BCUT2D eigenvalue weighted by Crippen LogP contribution is -2.53. The predicted molar refractivity (Wildman–Crippen MR) is 122 cm³/mol. The molecular weight excluding hydrogens is 455 g/mol. The number of aryl methyl sites for hydroxylation is 2. The number of nitrogens with one attached hydrogen (secondary N) is 2. The average molecular weight is 492 g/mol. The standard InChI is InChI=1S/C19H36N6O.HI/c1-13(10-18-16(4)23-24(7)17(18)5)22-19(20-6)21-11-14(2)25-8-9-26-12-15(25)3;/h13-15H,8-12H2,1-7H3,(H2,20,21,22);1H. The van der Waals surface area contributed by atoms with Crippen LogP contribution in [0.3, 0.4) is 0 Å². The molecule has 2 N–H and O–H groups in total. The number of aromatic nitrogens is 2. The topological polar surface area (TPSA) is 66.7 Å².